The van der Waals surface area contributed by atoms with Crippen LogP contribution in [0.15, 0.2) is 22.7 Å². The fourth-order valence-corrected chi connectivity index (χ4v) is 2.78. The van der Waals surface area contributed by atoms with Gasteiger partial charge in [0.1, 0.15) is 5.82 Å². The third-order valence-corrected chi connectivity index (χ3v) is 3.85. The fourth-order valence-electron chi connectivity index (χ4n) is 2.26. The van der Waals surface area contributed by atoms with Crippen molar-refractivity contribution in [2.75, 3.05) is 13.1 Å². The van der Waals surface area contributed by atoms with E-state index in [4.69, 9.17) is 5.11 Å². The van der Waals surface area contributed by atoms with E-state index < -0.39 is 11.8 Å². The molecular formula is C13H13BrFNO3. The van der Waals surface area contributed by atoms with Crippen LogP contribution in [0.1, 0.15) is 23.2 Å². The van der Waals surface area contributed by atoms with Crippen LogP contribution >= 0.6 is 15.9 Å². The van der Waals surface area contributed by atoms with Crippen LogP contribution in [0.3, 0.4) is 0 Å². The van der Waals surface area contributed by atoms with Gasteiger partial charge >= 0.3 is 5.97 Å². The Labute approximate surface area is 118 Å². The number of nitrogens with zero attached hydrogens (tertiary/aromatic N) is 1. The first-order chi connectivity index (χ1) is 8.97. The van der Waals surface area contributed by atoms with Crippen LogP contribution in [0.5, 0.6) is 0 Å². The number of benzene rings is 1. The van der Waals surface area contributed by atoms with Gasteiger partial charge in [-0.2, -0.15) is 0 Å². The summed E-state index contributed by atoms with van der Waals surface area (Å²) in [4.78, 5) is 24.5. The zero-order valence-electron chi connectivity index (χ0n) is 10.1. The van der Waals surface area contributed by atoms with E-state index in [1.807, 2.05) is 0 Å². The molecule has 0 bridgehead atoms. The quantitative estimate of drug-likeness (QED) is 0.927. The predicted octanol–water partition coefficient (Wildman–Crippen LogP) is 2.53. The second-order valence-corrected chi connectivity index (χ2v) is 5.48. The van der Waals surface area contributed by atoms with Crippen molar-refractivity contribution in [2.24, 2.45) is 5.92 Å². The van der Waals surface area contributed by atoms with Gasteiger partial charge in [-0.1, -0.05) is 0 Å². The zero-order chi connectivity index (χ0) is 14.0. The minimum absolute atomic E-state index is 0.000624. The Morgan fingerprint density at radius 2 is 2.21 bits per heavy atom. The number of likely N-dealkylation sites (tertiary alicyclic amines) is 1. The number of carboxylic acid groups (broad SMARTS) is 1. The first-order valence-corrected chi connectivity index (χ1v) is 6.73. The Kier molecular flexibility index (Phi) is 4.19. The van der Waals surface area contributed by atoms with Gasteiger partial charge in [-0.3, -0.25) is 9.59 Å². The van der Waals surface area contributed by atoms with Crippen LogP contribution < -0.4 is 0 Å². The van der Waals surface area contributed by atoms with Crippen LogP contribution in [-0.2, 0) is 4.79 Å². The summed E-state index contributed by atoms with van der Waals surface area (Å²) >= 11 is 3.17. The maximum atomic E-state index is 13.0. The van der Waals surface area contributed by atoms with E-state index in [1.54, 1.807) is 4.90 Å². The van der Waals surface area contributed by atoms with Crippen molar-refractivity contribution in [1.29, 1.82) is 0 Å². The van der Waals surface area contributed by atoms with Gasteiger partial charge in [0.2, 0.25) is 0 Å². The molecule has 0 aromatic heterocycles. The number of carbonyl (C=O) groups excluding carboxylic acids is 1. The maximum absolute atomic E-state index is 13.0. The van der Waals surface area contributed by atoms with Gasteiger partial charge in [0, 0.05) is 24.0 Å². The highest BCUT2D eigenvalue weighted by molar-refractivity contribution is 9.10. The fraction of sp³-hybridized carbons (Fsp3) is 0.385. The molecule has 1 aromatic rings. The van der Waals surface area contributed by atoms with E-state index >= 15 is 0 Å². The third kappa shape index (κ3) is 3.32. The van der Waals surface area contributed by atoms with Crippen molar-refractivity contribution < 1.29 is 19.1 Å². The van der Waals surface area contributed by atoms with Crippen molar-refractivity contribution >= 4 is 27.8 Å². The Balaban J connectivity index is 2.07. The highest BCUT2D eigenvalue weighted by Crippen LogP contribution is 2.25. The molecule has 1 aliphatic heterocycles. The molecule has 1 amide bonds. The molecule has 1 aliphatic rings. The molecule has 0 saturated carbocycles. The van der Waals surface area contributed by atoms with E-state index in [-0.39, 0.29) is 18.2 Å². The topological polar surface area (TPSA) is 57.6 Å². The number of halogens is 2. The molecule has 6 heteroatoms. The van der Waals surface area contributed by atoms with Crippen molar-refractivity contribution in [1.82, 2.24) is 4.90 Å². The number of amides is 1. The largest absolute Gasteiger partial charge is 0.481 e. The molecule has 1 aromatic carbocycles. The second-order valence-electron chi connectivity index (χ2n) is 4.63. The van der Waals surface area contributed by atoms with Crippen molar-refractivity contribution in [3.8, 4) is 0 Å². The summed E-state index contributed by atoms with van der Waals surface area (Å²) < 4.78 is 13.4. The van der Waals surface area contributed by atoms with Gasteiger partial charge in [-0.05, 0) is 46.5 Å². The van der Waals surface area contributed by atoms with E-state index in [9.17, 15) is 14.0 Å². The Hall–Kier alpha value is -1.43. The van der Waals surface area contributed by atoms with Crippen LogP contribution in [-0.4, -0.2) is 35.0 Å². The summed E-state index contributed by atoms with van der Waals surface area (Å²) in [6.45, 7) is 0.982. The number of carbonyl (C=O) groups is 2. The van der Waals surface area contributed by atoms with E-state index in [2.05, 4.69) is 15.9 Å². The Morgan fingerprint density at radius 1 is 1.47 bits per heavy atom. The normalized spacial score (nSPS) is 18.6. The van der Waals surface area contributed by atoms with Gasteiger partial charge in [-0.15, -0.1) is 0 Å². The number of carboxylic acids is 1. The van der Waals surface area contributed by atoms with E-state index in [1.165, 1.54) is 18.2 Å². The molecule has 1 heterocycles. The molecule has 1 atom stereocenters. The van der Waals surface area contributed by atoms with Gasteiger partial charge in [0.25, 0.3) is 5.91 Å². The standard InChI is InChI=1S/C13H13BrFNO3/c14-11-6-9(15)1-2-10(11)13(19)16-4-3-8(7-16)5-12(17)18/h1-2,6,8H,3-5,7H2,(H,17,18). The highest BCUT2D eigenvalue weighted by atomic mass is 79.9. The number of hydrogen-bond donors (Lipinski definition) is 1. The summed E-state index contributed by atoms with van der Waals surface area (Å²) in [5, 5.41) is 8.74. The summed E-state index contributed by atoms with van der Waals surface area (Å²) in [5.41, 5.74) is 0.400. The third-order valence-electron chi connectivity index (χ3n) is 3.20. The number of hydrogen-bond acceptors (Lipinski definition) is 2. The second kappa shape index (κ2) is 5.69. The van der Waals surface area contributed by atoms with Crippen LogP contribution in [0.25, 0.3) is 0 Å². The summed E-state index contributed by atoms with van der Waals surface area (Å²) in [5.74, 6) is -1.45. The summed E-state index contributed by atoms with van der Waals surface area (Å²) in [6.07, 6.45) is 0.769. The molecule has 0 aliphatic carbocycles. The Bertz CT molecular complexity index is 521. The van der Waals surface area contributed by atoms with E-state index in [0.29, 0.717) is 29.5 Å². The van der Waals surface area contributed by atoms with Gasteiger partial charge in [0.05, 0.1) is 5.56 Å². The first-order valence-electron chi connectivity index (χ1n) is 5.93. The van der Waals surface area contributed by atoms with Gasteiger partial charge in [-0.25, -0.2) is 4.39 Å². The van der Waals surface area contributed by atoms with Gasteiger partial charge in [0.15, 0.2) is 0 Å². The van der Waals surface area contributed by atoms with Crippen molar-refractivity contribution in [3.05, 3.63) is 34.1 Å². The average molecular weight is 330 g/mol. The molecule has 19 heavy (non-hydrogen) atoms. The van der Waals surface area contributed by atoms with Crippen LogP contribution in [0, 0.1) is 11.7 Å². The minimum Gasteiger partial charge on any atom is -0.481 e. The molecule has 1 fully saturated rings. The smallest absolute Gasteiger partial charge is 0.303 e. The average Bonchev–Trinajstić information content (AvgIpc) is 2.75. The molecule has 2 rings (SSSR count). The highest BCUT2D eigenvalue weighted by Gasteiger charge is 2.29. The number of aliphatic carboxylic acids is 1. The molecule has 102 valence electrons. The lowest BCUT2D eigenvalue weighted by Gasteiger charge is -2.17. The predicted molar refractivity (Wildman–Crippen MR) is 70.4 cm³/mol. The van der Waals surface area contributed by atoms with Crippen LogP contribution in [0.2, 0.25) is 0 Å². The maximum Gasteiger partial charge on any atom is 0.303 e. The number of rotatable bonds is 3. The molecule has 1 N–H and O–H groups in total. The molecule has 0 radical (unpaired) electrons. The lowest BCUT2D eigenvalue weighted by Crippen LogP contribution is -2.29. The molecule has 4 nitrogen and oxygen atoms in total. The molecule has 1 saturated heterocycles. The SMILES string of the molecule is O=C(O)CC1CCN(C(=O)c2ccc(F)cc2Br)C1. The lowest BCUT2D eigenvalue weighted by molar-refractivity contribution is -0.138. The lowest BCUT2D eigenvalue weighted by atomic mass is 10.1. The summed E-state index contributed by atoms with van der Waals surface area (Å²) in [7, 11) is 0. The zero-order valence-corrected chi connectivity index (χ0v) is 11.7. The van der Waals surface area contributed by atoms with Gasteiger partial charge < -0.3 is 10.0 Å². The van der Waals surface area contributed by atoms with E-state index in [0.717, 1.165) is 0 Å². The van der Waals surface area contributed by atoms with Crippen molar-refractivity contribution in [2.45, 2.75) is 12.8 Å². The first kappa shape index (κ1) is 14.0. The minimum atomic E-state index is -0.845. The monoisotopic (exact) mass is 329 g/mol. The molecule has 0 spiro atoms. The summed E-state index contributed by atoms with van der Waals surface area (Å²) in [6, 6.07) is 3.92. The molecule has 1 unspecified atom stereocenters. The molecular weight excluding hydrogens is 317 g/mol. The van der Waals surface area contributed by atoms with Crippen LogP contribution in [0.4, 0.5) is 4.39 Å². The Morgan fingerprint density at radius 3 is 2.84 bits per heavy atom. The van der Waals surface area contributed by atoms with Crippen molar-refractivity contribution in [3.63, 3.8) is 0 Å².